The van der Waals surface area contributed by atoms with E-state index in [1.165, 1.54) is 18.6 Å². The molecule has 1 aliphatic rings. The summed E-state index contributed by atoms with van der Waals surface area (Å²) in [6.45, 7) is 0.621. The molecule has 0 unspecified atom stereocenters. The minimum absolute atomic E-state index is 0.105. The van der Waals surface area contributed by atoms with Gasteiger partial charge in [0.25, 0.3) is 5.69 Å². The molecule has 4 nitrogen and oxygen atoms in total. The molecule has 1 saturated carbocycles. The van der Waals surface area contributed by atoms with Crippen molar-refractivity contribution in [3.8, 4) is 0 Å². The average Bonchev–Trinajstić information content (AvgIpc) is 2.32. The SMILES string of the molecule is CSC1(CNc2cc(F)c(Br)cc2[N+](=O)[O-])CCC1. The summed E-state index contributed by atoms with van der Waals surface area (Å²) in [4.78, 5) is 10.5. The van der Waals surface area contributed by atoms with Crippen LogP contribution in [0.5, 0.6) is 0 Å². The van der Waals surface area contributed by atoms with E-state index in [1.54, 1.807) is 11.8 Å². The van der Waals surface area contributed by atoms with Crippen molar-refractivity contribution in [1.29, 1.82) is 0 Å². The van der Waals surface area contributed by atoms with E-state index in [0.29, 0.717) is 6.54 Å². The van der Waals surface area contributed by atoms with Gasteiger partial charge in [0.15, 0.2) is 0 Å². The van der Waals surface area contributed by atoms with Crippen molar-refractivity contribution in [2.24, 2.45) is 0 Å². The first-order chi connectivity index (χ1) is 8.97. The molecule has 7 heteroatoms. The molecule has 1 aliphatic carbocycles. The van der Waals surface area contributed by atoms with Crippen LogP contribution in [-0.4, -0.2) is 22.5 Å². The van der Waals surface area contributed by atoms with Crippen molar-refractivity contribution in [3.05, 3.63) is 32.5 Å². The van der Waals surface area contributed by atoms with E-state index in [1.807, 2.05) is 6.26 Å². The fourth-order valence-electron chi connectivity index (χ4n) is 2.11. The lowest BCUT2D eigenvalue weighted by Crippen LogP contribution is -2.40. The minimum Gasteiger partial charge on any atom is -0.378 e. The van der Waals surface area contributed by atoms with Crippen LogP contribution >= 0.6 is 27.7 Å². The van der Waals surface area contributed by atoms with Gasteiger partial charge in [-0.2, -0.15) is 11.8 Å². The van der Waals surface area contributed by atoms with Crippen molar-refractivity contribution in [2.45, 2.75) is 24.0 Å². The third kappa shape index (κ3) is 3.02. The van der Waals surface area contributed by atoms with Gasteiger partial charge < -0.3 is 5.32 Å². The van der Waals surface area contributed by atoms with Crippen LogP contribution in [0.25, 0.3) is 0 Å². The fourth-order valence-corrected chi connectivity index (χ4v) is 3.35. The zero-order valence-corrected chi connectivity index (χ0v) is 12.8. The summed E-state index contributed by atoms with van der Waals surface area (Å²) in [7, 11) is 0. The number of nitrogens with one attached hydrogen (secondary N) is 1. The van der Waals surface area contributed by atoms with Crippen molar-refractivity contribution >= 4 is 39.1 Å². The number of benzene rings is 1. The monoisotopic (exact) mass is 348 g/mol. The Morgan fingerprint density at radius 1 is 1.58 bits per heavy atom. The number of nitro groups is 1. The van der Waals surface area contributed by atoms with Crippen LogP contribution in [0, 0.1) is 15.9 Å². The lowest BCUT2D eigenvalue weighted by atomic mass is 9.84. The molecule has 2 rings (SSSR count). The molecular formula is C12H14BrFN2O2S. The predicted molar refractivity (Wildman–Crippen MR) is 79.3 cm³/mol. The Balaban J connectivity index is 2.19. The van der Waals surface area contributed by atoms with Crippen LogP contribution in [0.4, 0.5) is 15.8 Å². The molecule has 104 valence electrons. The Bertz CT molecular complexity index is 503. The Hall–Kier alpha value is -0.820. The highest BCUT2D eigenvalue weighted by Gasteiger charge is 2.36. The second-order valence-electron chi connectivity index (χ2n) is 4.63. The van der Waals surface area contributed by atoms with E-state index in [-0.39, 0.29) is 20.6 Å². The van der Waals surface area contributed by atoms with E-state index in [4.69, 9.17) is 0 Å². The number of thioether (sulfide) groups is 1. The molecule has 0 heterocycles. The molecule has 0 aromatic heterocycles. The lowest BCUT2D eigenvalue weighted by Gasteiger charge is -2.40. The third-order valence-corrected chi connectivity index (χ3v) is 5.56. The van der Waals surface area contributed by atoms with E-state index in [2.05, 4.69) is 21.2 Å². The smallest absolute Gasteiger partial charge is 0.293 e. The largest absolute Gasteiger partial charge is 0.378 e. The molecule has 0 radical (unpaired) electrons. The van der Waals surface area contributed by atoms with Crippen LogP contribution in [-0.2, 0) is 0 Å². The maximum Gasteiger partial charge on any atom is 0.293 e. The standard InChI is InChI=1S/C12H14BrFN2O2S/c1-19-12(3-2-4-12)7-15-10-6-9(14)8(13)5-11(10)16(17)18/h5-6,15H,2-4,7H2,1H3. The topological polar surface area (TPSA) is 55.2 Å². The van der Waals surface area contributed by atoms with Gasteiger partial charge in [-0.25, -0.2) is 4.39 Å². The Morgan fingerprint density at radius 2 is 2.26 bits per heavy atom. The second kappa shape index (κ2) is 5.66. The van der Waals surface area contributed by atoms with Crippen LogP contribution in [0.2, 0.25) is 0 Å². The molecule has 0 amide bonds. The van der Waals surface area contributed by atoms with Gasteiger partial charge in [-0.15, -0.1) is 0 Å². The fraction of sp³-hybridized carbons (Fsp3) is 0.500. The van der Waals surface area contributed by atoms with Gasteiger partial charge in [-0.1, -0.05) is 6.42 Å². The molecule has 1 fully saturated rings. The van der Waals surface area contributed by atoms with Gasteiger partial charge in [-0.3, -0.25) is 10.1 Å². The molecule has 1 aromatic carbocycles. The maximum absolute atomic E-state index is 13.5. The minimum atomic E-state index is -0.501. The van der Waals surface area contributed by atoms with Gasteiger partial charge in [-0.05, 0) is 35.0 Å². The normalized spacial score (nSPS) is 16.8. The summed E-state index contributed by atoms with van der Waals surface area (Å²) in [5.74, 6) is -0.500. The quantitative estimate of drug-likeness (QED) is 0.640. The van der Waals surface area contributed by atoms with Crippen molar-refractivity contribution in [3.63, 3.8) is 0 Å². The zero-order chi connectivity index (χ0) is 14.0. The Morgan fingerprint density at radius 3 is 2.74 bits per heavy atom. The molecule has 0 spiro atoms. The van der Waals surface area contributed by atoms with Gasteiger partial charge in [0.05, 0.1) is 9.40 Å². The first-order valence-electron chi connectivity index (χ1n) is 5.90. The van der Waals surface area contributed by atoms with Crippen molar-refractivity contribution in [1.82, 2.24) is 0 Å². The Kier molecular flexibility index (Phi) is 4.35. The number of hydrogen-bond donors (Lipinski definition) is 1. The van der Waals surface area contributed by atoms with Gasteiger partial charge >= 0.3 is 0 Å². The second-order valence-corrected chi connectivity index (χ2v) is 6.76. The summed E-state index contributed by atoms with van der Waals surface area (Å²) >= 11 is 4.73. The maximum atomic E-state index is 13.5. The Labute approximate surface area is 123 Å². The average molecular weight is 349 g/mol. The first-order valence-corrected chi connectivity index (χ1v) is 7.92. The van der Waals surface area contributed by atoms with E-state index in [9.17, 15) is 14.5 Å². The lowest BCUT2D eigenvalue weighted by molar-refractivity contribution is -0.384. The van der Waals surface area contributed by atoms with E-state index >= 15 is 0 Å². The molecule has 0 aliphatic heterocycles. The molecule has 1 aromatic rings. The zero-order valence-electron chi connectivity index (χ0n) is 10.4. The van der Waals surface area contributed by atoms with Gasteiger partial charge in [0.2, 0.25) is 0 Å². The number of halogens is 2. The van der Waals surface area contributed by atoms with Gasteiger partial charge in [0.1, 0.15) is 11.5 Å². The van der Waals surface area contributed by atoms with Crippen LogP contribution < -0.4 is 5.32 Å². The summed E-state index contributed by atoms with van der Waals surface area (Å²) in [5.41, 5.74) is 0.134. The highest BCUT2D eigenvalue weighted by Crippen LogP contribution is 2.43. The number of nitrogens with zero attached hydrogens (tertiary/aromatic N) is 1. The third-order valence-electron chi connectivity index (χ3n) is 3.53. The number of nitro benzene ring substituents is 1. The van der Waals surface area contributed by atoms with Crippen LogP contribution in [0.3, 0.4) is 0 Å². The predicted octanol–water partition coefficient (Wildman–Crippen LogP) is 4.19. The summed E-state index contributed by atoms with van der Waals surface area (Å²) < 4.78 is 13.7. The molecule has 0 atom stereocenters. The highest BCUT2D eigenvalue weighted by atomic mass is 79.9. The molecule has 0 saturated heterocycles. The molecular weight excluding hydrogens is 335 g/mol. The first kappa shape index (κ1) is 14.6. The van der Waals surface area contributed by atoms with Crippen molar-refractivity contribution < 1.29 is 9.31 Å². The van der Waals surface area contributed by atoms with Crippen LogP contribution in [0.1, 0.15) is 19.3 Å². The summed E-state index contributed by atoms with van der Waals surface area (Å²) in [5, 5.41) is 14.0. The van der Waals surface area contributed by atoms with E-state index in [0.717, 1.165) is 12.8 Å². The molecule has 1 N–H and O–H groups in total. The van der Waals surface area contributed by atoms with E-state index < -0.39 is 10.7 Å². The molecule has 19 heavy (non-hydrogen) atoms. The van der Waals surface area contributed by atoms with Gasteiger partial charge in [0, 0.05) is 23.4 Å². The van der Waals surface area contributed by atoms with Crippen LogP contribution in [0.15, 0.2) is 16.6 Å². The number of hydrogen-bond acceptors (Lipinski definition) is 4. The van der Waals surface area contributed by atoms with Crippen molar-refractivity contribution in [2.75, 3.05) is 18.1 Å². The highest BCUT2D eigenvalue weighted by molar-refractivity contribution is 9.10. The summed E-state index contributed by atoms with van der Waals surface area (Å²) in [6, 6.07) is 2.37. The summed E-state index contributed by atoms with van der Waals surface area (Å²) in [6.07, 6.45) is 5.40. The number of anilines is 1. The number of rotatable bonds is 5. The molecule has 0 bridgehead atoms.